The molecule has 0 spiro atoms. The number of nitrogens with zero attached hydrogens (tertiary/aromatic N) is 2. The summed E-state index contributed by atoms with van der Waals surface area (Å²) in [6, 6.07) is 8.52. The minimum absolute atomic E-state index is 0.139. The summed E-state index contributed by atoms with van der Waals surface area (Å²) >= 11 is 0. The number of amides is 2. The molecule has 1 saturated heterocycles. The Labute approximate surface area is 149 Å². The van der Waals surface area contributed by atoms with Crippen LogP contribution in [0.1, 0.15) is 43.2 Å². The van der Waals surface area contributed by atoms with Gasteiger partial charge in [-0.15, -0.1) is 0 Å². The number of carbonyl (C=O) groups is 2. The van der Waals surface area contributed by atoms with Crippen LogP contribution in [0.25, 0.3) is 0 Å². The number of rotatable bonds is 4. The first-order valence-electron chi connectivity index (χ1n) is 9.26. The van der Waals surface area contributed by atoms with Gasteiger partial charge in [-0.2, -0.15) is 0 Å². The fraction of sp³-hybridized carbons (Fsp3) is 0.600. The molecule has 0 unspecified atom stereocenters. The van der Waals surface area contributed by atoms with Crippen LogP contribution in [0, 0.1) is 12.8 Å². The second-order valence-electron chi connectivity index (χ2n) is 7.17. The van der Waals surface area contributed by atoms with Crippen LogP contribution >= 0.6 is 0 Å². The Kier molecular flexibility index (Phi) is 5.30. The van der Waals surface area contributed by atoms with Gasteiger partial charge in [0.15, 0.2) is 0 Å². The molecule has 1 aliphatic heterocycles. The molecule has 0 bridgehead atoms. The average molecular weight is 344 g/mol. The first-order valence-corrected chi connectivity index (χ1v) is 9.26. The maximum atomic E-state index is 12.8. The van der Waals surface area contributed by atoms with Crippen molar-refractivity contribution in [2.75, 3.05) is 26.7 Å². The van der Waals surface area contributed by atoms with Crippen LogP contribution in [0.5, 0.6) is 0 Å². The summed E-state index contributed by atoms with van der Waals surface area (Å²) in [5, 5.41) is 0. The van der Waals surface area contributed by atoms with Crippen LogP contribution in [0.3, 0.4) is 0 Å². The van der Waals surface area contributed by atoms with Gasteiger partial charge in [0.2, 0.25) is 5.91 Å². The van der Waals surface area contributed by atoms with Gasteiger partial charge in [0.1, 0.15) is 0 Å². The Morgan fingerprint density at radius 2 is 1.92 bits per heavy atom. The zero-order valence-corrected chi connectivity index (χ0v) is 15.4. The zero-order chi connectivity index (χ0) is 18.0. The molecule has 1 saturated carbocycles. The highest BCUT2D eigenvalue weighted by Crippen LogP contribution is 2.49. The van der Waals surface area contributed by atoms with Gasteiger partial charge in [-0.1, -0.05) is 24.3 Å². The molecule has 2 amide bonds. The second-order valence-corrected chi connectivity index (χ2v) is 7.17. The summed E-state index contributed by atoms with van der Waals surface area (Å²) in [5.41, 5.74) is 2.59. The molecule has 0 aromatic heterocycles. The minimum Gasteiger partial charge on any atom is -0.450 e. The van der Waals surface area contributed by atoms with Crippen LogP contribution in [0.2, 0.25) is 0 Å². The maximum absolute atomic E-state index is 12.8. The molecule has 3 rings (SSSR count). The monoisotopic (exact) mass is 344 g/mol. The molecule has 1 heterocycles. The SMILES string of the molecule is CCOC(=O)N(C)C1CCN(C(=O)[C@@H]2C[C@H]2c2ccccc2C)CC1. The van der Waals surface area contributed by atoms with Crippen molar-refractivity contribution < 1.29 is 14.3 Å². The van der Waals surface area contributed by atoms with Crippen molar-refractivity contribution >= 4 is 12.0 Å². The zero-order valence-electron chi connectivity index (χ0n) is 15.4. The van der Waals surface area contributed by atoms with Crippen molar-refractivity contribution in [2.45, 2.75) is 45.1 Å². The van der Waals surface area contributed by atoms with E-state index in [4.69, 9.17) is 4.74 Å². The van der Waals surface area contributed by atoms with E-state index in [0.29, 0.717) is 12.5 Å². The van der Waals surface area contributed by atoms with Gasteiger partial charge < -0.3 is 14.5 Å². The van der Waals surface area contributed by atoms with Gasteiger partial charge in [-0.25, -0.2) is 4.79 Å². The van der Waals surface area contributed by atoms with E-state index in [-0.39, 0.29) is 24.0 Å². The van der Waals surface area contributed by atoms with Crippen molar-refractivity contribution in [3.05, 3.63) is 35.4 Å². The predicted molar refractivity (Wildman–Crippen MR) is 96.4 cm³/mol. The lowest BCUT2D eigenvalue weighted by Crippen LogP contribution is -2.47. The van der Waals surface area contributed by atoms with E-state index in [1.807, 2.05) is 17.9 Å². The highest BCUT2D eigenvalue weighted by Gasteiger charge is 2.46. The molecule has 1 aromatic rings. The van der Waals surface area contributed by atoms with Gasteiger partial charge in [-0.3, -0.25) is 4.79 Å². The van der Waals surface area contributed by atoms with Crippen LogP contribution in [-0.2, 0) is 9.53 Å². The van der Waals surface area contributed by atoms with Gasteiger partial charge in [-0.05, 0) is 50.2 Å². The van der Waals surface area contributed by atoms with E-state index < -0.39 is 0 Å². The topological polar surface area (TPSA) is 49.9 Å². The number of carbonyl (C=O) groups excluding carboxylic acids is 2. The molecular weight excluding hydrogens is 316 g/mol. The summed E-state index contributed by atoms with van der Waals surface area (Å²) in [4.78, 5) is 28.3. The molecule has 136 valence electrons. The molecule has 5 nitrogen and oxygen atoms in total. The van der Waals surface area contributed by atoms with Gasteiger partial charge in [0.05, 0.1) is 6.61 Å². The molecule has 0 radical (unpaired) electrons. The largest absolute Gasteiger partial charge is 0.450 e. The summed E-state index contributed by atoms with van der Waals surface area (Å²) < 4.78 is 5.06. The van der Waals surface area contributed by atoms with Crippen molar-refractivity contribution in [1.29, 1.82) is 0 Å². The molecule has 2 fully saturated rings. The van der Waals surface area contributed by atoms with Crippen molar-refractivity contribution in [3.63, 3.8) is 0 Å². The van der Waals surface area contributed by atoms with E-state index in [1.165, 1.54) is 11.1 Å². The van der Waals surface area contributed by atoms with Crippen LogP contribution < -0.4 is 0 Å². The number of benzene rings is 1. The lowest BCUT2D eigenvalue weighted by Gasteiger charge is -2.36. The smallest absolute Gasteiger partial charge is 0.409 e. The van der Waals surface area contributed by atoms with Gasteiger partial charge >= 0.3 is 6.09 Å². The highest BCUT2D eigenvalue weighted by atomic mass is 16.6. The Morgan fingerprint density at radius 1 is 1.24 bits per heavy atom. The lowest BCUT2D eigenvalue weighted by atomic mass is 10.0. The van der Waals surface area contributed by atoms with E-state index >= 15 is 0 Å². The van der Waals surface area contributed by atoms with E-state index in [9.17, 15) is 9.59 Å². The summed E-state index contributed by atoms with van der Waals surface area (Å²) in [5.74, 6) is 0.805. The quantitative estimate of drug-likeness (QED) is 0.843. The van der Waals surface area contributed by atoms with Crippen LogP contribution in [-0.4, -0.2) is 54.6 Å². The first kappa shape index (κ1) is 17.8. The maximum Gasteiger partial charge on any atom is 0.409 e. The second kappa shape index (κ2) is 7.46. The average Bonchev–Trinajstić information content (AvgIpc) is 3.42. The molecule has 2 atom stereocenters. The summed E-state index contributed by atoms with van der Waals surface area (Å²) in [6.07, 6.45) is 2.34. The molecule has 5 heteroatoms. The first-order chi connectivity index (χ1) is 12.0. The normalized spacial score (nSPS) is 23.2. The predicted octanol–water partition coefficient (Wildman–Crippen LogP) is 3.18. The van der Waals surface area contributed by atoms with E-state index in [2.05, 4.69) is 25.1 Å². The fourth-order valence-electron chi connectivity index (χ4n) is 3.90. The standard InChI is InChI=1S/C20H28N2O3/c1-4-25-20(24)21(3)15-9-11-22(12-10-15)19(23)18-13-17(18)16-8-6-5-7-14(16)2/h5-8,15,17-18H,4,9-13H2,1-3H3/t17-,18+/m0/s1. The Morgan fingerprint density at radius 3 is 2.56 bits per heavy atom. The van der Waals surface area contributed by atoms with E-state index in [1.54, 1.807) is 11.9 Å². The molecular formula is C20H28N2O3. The Balaban J connectivity index is 1.51. The van der Waals surface area contributed by atoms with Gasteiger partial charge in [0, 0.05) is 32.1 Å². The number of likely N-dealkylation sites (tertiary alicyclic amines) is 1. The third-order valence-corrected chi connectivity index (χ3v) is 5.58. The third kappa shape index (κ3) is 3.80. The minimum atomic E-state index is -0.269. The summed E-state index contributed by atoms with van der Waals surface area (Å²) in [6.45, 7) is 5.77. The molecule has 25 heavy (non-hydrogen) atoms. The fourth-order valence-corrected chi connectivity index (χ4v) is 3.90. The highest BCUT2D eigenvalue weighted by molar-refractivity contribution is 5.83. The van der Waals surface area contributed by atoms with Crippen molar-refractivity contribution in [1.82, 2.24) is 9.80 Å². The number of piperidine rings is 1. The number of ether oxygens (including phenoxy) is 1. The van der Waals surface area contributed by atoms with Crippen LogP contribution in [0.15, 0.2) is 24.3 Å². The number of hydrogen-bond acceptors (Lipinski definition) is 3. The third-order valence-electron chi connectivity index (χ3n) is 5.58. The molecule has 1 aromatic carbocycles. The van der Waals surface area contributed by atoms with Crippen molar-refractivity contribution in [3.8, 4) is 0 Å². The Bertz CT molecular complexity index is 638. The molecule has 1 aliphatic carbocycles. The van der Waals surface area contributed by atoms with E-state index in [0.717, 1.165) is 32.4 Å². The van der Waals surface area contributed by atoms with Crippen molar-refractivity contribution in [2.24, 2.45) is 5.92 Å². The van der Waals surface area contributed by atoms with Gasteiger partial charge in [0.25, 0.3) is 0 Å². The van der Waals surface area contributed by atoms with Crippen LogP contribution in [0.4, 0.5) is 4.79 Å². The Hall–Kier alpha value is -2.04. The molecule has 2 aliphatic rings. The number of hydrogen-bond donors (Lipinski definition) is 0. The molecule has 0 N–H and O–H groups in total. The summed E-state index contributed by atoms with van der Waals surface area (Å²) in [7, 11) is 1.79. The number of aryl methyl sites for hydroxylation is 1. The lowest BCUT2D eigenvalue weighted by molar-refractivity contribution is -0.134.